The van der Waals surface area contributed by atoms with Crippen LogP contribution in [0.25, 0.3) is 6.08 Å². The van der Waals surface area contributed by atoms with Crippen molar-refractivity contribution in [2.75, 3.05) is 13.7 Å². The van der Waals surface area contributed by atoms with E-state index in [1.165, 1.54) is 24.4 Å². The molecule has 2 heterocycles. The summed E-state index contributed by atoms with van der Waals surface area (Å²) in [5.41, 5.74) is -1.08. The van der Waals surface area contributed by atoms with Gasteiger partial charge in [0.1, 0.15) is 18.1 Å². The van der Waals surface area contributed by atoms with Crippen molar-refractivity contribution < 1.29 is 33.0 Å². The van der Waals surface area contributed by atoms with E-state index in [2.05, 4.69) is 30.7 Å². The fourth-order valence-electron chi connectivity index (χ4n) is 3.47. The number of nitrogens with one attached hydrogen (secondary N) is 2. The summed E-state index contributed by atoms with van der Waals surface area (Å²) in [6.07, 6.45) is -0.226. The predicted molar refractivity (Wildman–Crippen MR) is 134 cm³/mol. The molecular weight excluding hydrogens is 561 g/mol. The normalized spacial score (nSPS) is 22.3. The van der Waals surface area contributed by atoms with E-state index in [1.54, 1.807) is 37.3 Å². The van der Waals surface area contributed by atoms with Crippen LogP contribution < -0.4 is 20.9 Å². The van der Waals surface area contributed by atoms with Gasteiger partial charge in [0.15, 0.2) is 0 Å². The second kappa shape index (κ2) is 12.6. The van der Waals surface area contributed by atoms with Gasteiger partial charge < -0.3 is 19.1 Å². The number of carbonyl (C=O) groups excluding carboxylic acids is 1. The van der Waals surface area contributed by atoms with E-state index >= 15 is 0 Å². The number of hydrogen-bond acceptors (Lipinski definition) is 9. The highest BCUT2D eigenvalue weighted by atomic mass is 79.9. The van der Waals surface area contributed by atoms with Crippen LogP contribution in [0, 0.1) is 0 Å². The molecule has 1 unspecified atom stereocenters. The van der Waals surface area contributed by atoms with Gasteiger partial charge in [0.2, 0.25) is 0 Å². The molecule has 0 aliphatic carbocycles. The lowest BCUT2D eigenvalue weighted by molar-refractivity contribution is -0.141. The summed E-state index contributed by atoms with van der Waals surface area (Å²) in [7, 11) is -2.80. The van der Waals surface area contributed by atoms with Gasteiger partial charge in [0.05, 0.1) is 31.8 Å². The number of methoxy groups -OCH3 is 1. The van der Waals surface area contributed by atoms with Crippen LogP contribution in [0.2, 0.25) is 0 Å². The van der Waals surface area contributed by atoms with Gasteiger partial charge in [0, 0.05) is 18.7 Å². The number of hydrogen-bond donors (Lipinski definition) is 3. The molecule has 1 aliphatic rings. The van der Waals surface area contributed by atoms with E-state index in [1.807, 2.05) is 0 Å². The van der Waals surface area contributed by atoms with Crippen LogP contribution in [0.15, 0.2) is 51.1 Å². The minimum absolute atomic E-state index is 0.0213. The van der Waals surface area contributed by atoms with Gasteiger partial charge in [-0.25, -0.2) is 14.4 Å². The zero-order valence-electron chi connectivity index (χ0n) is 19.5. The zero-order valence-corrected chi connectivity index (χ0v) is 22.0. The highest BCUT2D eigenvalue weighted by molar-refractivity contribution is 9.11. The number of benzene rings is 1. The number of esters is 1. The Bertz CT molecular complexity index is 1230. The highest BCUT2D eigenvalue weighted by Gasteiger charge is 2.39. The Hall–Kier alpha value is -2.54. The Balaban J connectivity index is 1.74. The largest absolute Gasteiger partial charge is 0.469 e. The maximum absolute atomic E-state index is 13.5. The first kappa shape index (κ1) is 28.0. The number of para-hydroxylation sites is 1. The molecule has 0 radical (unpaired) electrons. The number of H-pyrrole nitrogens is 1. The summed E-state index contributed by atoms with van der Waals surface area (Å²) in [6.45, 7) is 1.26. The number of halogens is 1. The number of nitrogens with zero attached hydrogens (tertiary/aromatic N) is 1. The summed E-state index contributed by atoms with van der Waals surface area (Å²) in [6, 6.07) is 7.67. The van der Waals surface area contributed by atoms with Gasteiger partial charge in [-0.3, -0.25) is 23.7 Å². The third kappa shape index (κ3) is 7.48. The molecular formula is C22H27BrN3O9P. The Kier molecular flexibility index (Phi) is 9.83. The number of aromatic nitrogens is 2. The SMILES string of the molecule is COC(=O)C[C@H](C)NP(=O)(OC[C@H]1O[C@@H](n2cc(/C=C/Br)c(=O)[nH]c2=O)C[C@@H]1O)Oc1ccccc1. The molecule has 1 fully saturated rings. The van der Waals surface area contributed by atoms with Gasteiger partial charge in [-0.15, -0.1) is 0 Å². The second-order valence-corrected chi connectivity index (χ2v) is 10.2. The topological polar surface area (TPSA) is 158 Å². The summed E-state index contributed by atoms with van der Waals surface area (Å²) in [4.78, 5) is 39.5. The number of carbonyl (C=O) groups is 1. The lowest BCUT2D eigenvalue weighted by Crippen LogP contribution is -2.34. The molecule has 0 bridgehead atoms. The quantitative estimate of drug-likeness (QED) is 0.263. The van der Waals surface area contributed by atoms with Crippen LogP contribution in [0.5, 0.6) is 5.75 Å². The number of aromatic amines is 1. The number of rotatable bonds is 11. The van der Waals surface area contributed by atoms with Gasteiger partial charge >= 0.3 is 19.4 Å². The molecule has 0 amide bonds. The molecule has 1 aliphatic heterocycles. The van der Waals surface area contributed by atoms with Crippen molar-refractivity contribution in [2.45, 2.75) is 44.2 Å². The molecule has 1 aromatic heterocycles. The molecule has 3 rings (SSSR count). The average Bonchev–Trinajstić information content (AvgIpc) is 3.20. The first-order valence-corrected chi connectivity index (χ1v) is 13.4. The van der Waals surface area contributed by atoms with E-state index in [9.17, 15) is 24.1 Å². The lowest BCUT2D eigenvalue weighted by Gasteiger charge is -2.25. The third-order valence-corrected chi connectivity index (χ3v) is 7.17. The Labute approximate surface area is 214 Å². The molecule has 196 valence electrons. The Morgan fingerprint density at radius 2 is 2.11 bits per heavy atom. The van der Waals surface area contributed by atoms with Gasteiger partial charge in [-0.2, -0.15) is 0 Å². The third-order valence-electron chi connectivity index (χ3n) is 5.21. The van der Waals surface area contributed by atoms with Crippen LogP contribution in [-0.4, -0.2) is 52.6 Å². The first-order chi connectivity index (χ1) is 17.1. The smallest absolute Gasteiger partial charge is 0.459 e. The molecule has 2 aromatic rings. The number of ether oxygens (including phenoxy) is 2. The fourth-order valence-corrected chi connectivity index (χ4v) is 5.31. The van der Waals surface area contributed by atoms with Crippen molar-refractivity contribution in [1.82, 2.24) is 14.6 Å². The van der Waals surface area contributed by atoms with Crippen LogP contribution in [0.3, 0.4) is 0 Å². The minimum Gasteiger partial charge on any atom is -0.469 e. The summed E-state index contributed by atoms with van der Waals surface area (Å²) >= 11 is 3.08. The standard InChI is InChI=1S/C22H27BrN3O9P/c1-14(10-20(28)32-2)25-36(31,35-16-6-4-3-5-7-16)33-13-18-17(27)11-19(34-18)26-12-15(8-9-23)21(29)24-22(26)30/h3-9,12,14,17-19,27H,10-11,13H2,1-2H3,(H,25,31)(H,24,29,30)/b9-8+/t14-,17-,18+,19+,36?/m0/s1. The van der Waals surface area contributed by atoms with Crippen molar-refractivity contribution in [3.8, 4) is 5.75 Å². The summed E-state index contributed by atoms with van der Waals surface area (Å²) in [5.74, 6) is -0.254. The van der Waals surface area contributed by atoms with E-state index < -0.39 is 49.4 Å². The highest BCUT2D eigenvalue weighted by Crippen LogP contribution is 2.46. The van der Waals surface area contributed by atoms with Crippen molar-refractivity contribution >= 4 is 35.7 Å². The zero-order chi connectivity index (χ0) is 26.3. The number of aliphatic hydroxyl groups excluding tert-OH is 1. The Morgan fingerprint density at radius 3 is 2.78 bits per heavy atom. The predicted octanol–water partition coefficient (Wildman–Crippen LogP) is 2.30. The fraction of sp³-hybridized carbons (Fsp3) is 0.409. The maximum atomic E-state index is 13.5. The molecule has 0 saturated carbocycles. The number of aliphatic hydroxyl groups is 1. The molecule has 12 nitrogen and oxygen atoms in total. The van der Waals surface area contributed by atoms with Gasteiger partial charge in [0.25, 0.3) is 5.56 Å². The van der Waals surface area contributed by atoms with Gasteiger partial charge in [-0.05, 0) is 30.1 Å². The van der Waals surface area contributed by atoms with Crippen molar-refractivity contribution in [3.63, 3.8) is 0 Å². The summed E-state index contributed by atoms with van der Waals surface area (Å²) in [5, 5.41) is 13.2. The molecule has 5 atom stereocenters. The molecule has 1 aromatic carbocycles. The Morgan fingerprint density at radius 1 is 1.39 bits per heavy atom. The van der Waals surface area contributed by atoms with E-state index in [-0.39, 0.29) is 30.8 Å². The van der Waals surface area contributed by atoms with Gasteiger partial charge in [-0.1, -0.05) is 34.1 Å². The van der Waals surface area contributed by atoms with E-state index in [4.69, 9.17) is 13.8 Å². The monoisotopic (exact) mass is 587 g/mol. The maximum Gasteiger partial charge on any atom is 0.459 e. The van der Waals surface area contributed by atoms with Crippen molar-refractivity contribution in [3.05, 3.63) is 67.9 Å². The molecule has 1 saturated heterocycles. The van der Waals surface area contributed by atoms with E-state index in [0.29, 0.717) is 0 Å². The molecule has 0 spiro atoms. The average molecular weight is 588 g/mol. The van der Waals surface area contributed by atoms with Crippen molar-refractivity contribution in [1.29, 1.82) is 0 Å². The van der Waals surface area contributed by atoms with Crippen LogP contribution >= 0.6 is 23.7 Å². The van der Waals surface area contributed by atoms with Crippen LogP contribution in [-0.2, 0) is 23.4 Å². The van der Waals surface area contributed by atoms with E-state index in [0.717, 1.165) is 4.57 Å². The van der Waals surface area contributed by atoms with Crippen LogP contribution in [0.1, 0.15) is 31.6 Å². The molecule has 3 N–H and O–H groups in total. The lowest BCUT2D eigenvalue weighted by atomic mass is 10.2. The summed E-state index contributed by atoms with van der Waals surface area (Å²) < 4.78 is 36.3. The van der Waals surface area contributed by atoms with Crippen LogP contribution in [0.4, 0.5) is 0 Å². The first-order valence-electron chi connectivity index (χ1n) is 10.9. The van der Waals surface area contributed by atoms with Crippen molar-refractivity contribution in [2.24, 2.45) is 0 Å². The second-order valence-electron chi connectivity index (χ2n) is 7.98. The minimum atomic E-state index is -4.05. The molecule has 14 heteroatoms. The molecule has 36 heavy (non-hydrogen) atoms.